The maximum Gasteiger partial charge on any atom is 0.185 e. The van der Waals surface area contributed by atoms with Gasteiger partial charge in [0, 0.05) is 29.2 Å². The van der Waals surface area contributed by atoms with Crippen molar-refractivity contribution in [2.45, 2.75) is 6.61 Å². The molecule has 0 N–H and O–H groups in total. The zero-order valence-corrected chi connectivity index (χ0v) is 17.4. The number of ether oxygens (including phenoxy) is 2. The van der Waals surface area contributed by atoms with Crippen molar-refractivity contribution < 1.29 is 18.7 Å². The first-order valence-corrected chi connectivity index (χ1v) is 9.98. The minimum Gasteiger partial charge on any atom is -0.496 e. The largest absolute Gasteiger partial charge is 0.496 e. The van der Waals surface area contributed by atoms with E-state index < -0.39 is 0 Å². The van der Waals surface area contributed by atoms with Gasteiger partial charge >= 0.3 is 0 Å². The van der Waals surface area contributed by atoms with Crippen LogP contribution in [0.1, 0.15) is 21.5 Å². The third-order valence-corrected chi connectivity index (χ3v) is 4.89. The van der Waals surface area contributed by atoms with Crippen LogP contribution in [0.25, 0.3) is 11.8 Å². The molecule has 0 fully saturated rings. The van der Waals surface area contributed by atoms with Gasteiger partial charge in [-0.15, -0.1) is 0 Å². The van der Waals surface area contributed by atoms with E-state index >= 15 is 0 Å². The lowest BCUT2D eigenvalue weighted by Gasteiger charge is -2.11. The van der Waals surface area contributed by atoms with Crippen molar-refractivity contribution in [3.63, 3.8) is 0 Å². The lowest BCUT2D eigenvalue weighted by Crippen LogP contribution is -1.99. The van der Waals surface area contributed by atoms with Gasteiger partial charge in [-0.05, 0) is 72.3 Å². The van der Waals surface area contributed by atoms with Crippen LogP contribution in [-0.4, -0.2) is 22.4 Å². The Morgan fingerprint density at radius 3 is 2.53 bits per heavy atom. The van der Waals surface area contributed by atoms with Crippen molar-refractivity contribution in [3.8, 4) is 17.2 Å². The van der Waals surface area contributed by atoms with Gasteiger partial charge in [0.2, 0.25) is 0 Å². The van der Waals surface area contributed by atoms with Gasteiger partial charge in [0.05, 0.1) is 13.4 Å². The first-order valence-electron chi connectivity index (χ1n) is 9.98. The molecule has 0 atom stereocenters. The summed E-state index contributed by atoms with van der Waals surface area (Å²) in [5, 5.41) is 0. The zero-order valence-electron chi connectivity index (χ0n) is 17.4. The van der Waals surface area contributed by atoms with Crippen LogP contribution < -0.4 is 9.47 Å². The summed E-state index contributed by atoms with van der Waals surface area (Å²) in [4.78, 5) is 16.6. The van der Waals surface area contributed by atoms with Crippen molar-refractivity contribution in [3.05, 3.63) is 114 Å². The van der Waals surface area contributed by atoms with Crippen molar-refractivity contribution in [2.75, 3.05) is 7.11 Å². The van der Waals surface area contributed by atoms with Gasteiger partial charge < -0.3 is 14.0 Å². The van der Waals surface area contributed by atoms with Crippen LogP contribution in [0.4, 0.5) is 4.39 Å². The summed E-state index contributed by atoms with van der Waals surface area (Å²) in [6, 6.07) is 18.8. The monoisotopic (exact) mass is 428 g/mol. The SMILES string of the molecule is COc1ccc(/C=C/C(=O)c2ccc(-n3ccnc3)cc2)cc1COc1ccc(F)cc1. The van der Waals surface area contributed by atoms with E-state index in [0.717, 1.165) is 16.8 Å². The summed E-state index contributed by atoms with van der Waals surface area (Å²) >= 11 is 0. The Hall–Kier alpha value is -4.19. The Kier molecular flexibility index (Phi) is 6.41. The fraction of sp³-hybridized carbons (Fsp3) is 0.0769. The number of halogens is 1. The first kappa shape index (κ1) is 21.1. The Balaban J connectivity index is 1.45. The Morgan fingerprint density at radius 1 is 1.06 bits per heavy atom. The normalized spacial score (nSPS) is 10.9. The van der Waals surface area contributed by atoms with Crippen LogP contribution >= 0.6 is 0 Å². The maximum atomic E-state index is 13.1. The predicted molar refractivity (Wildman–Crippen MR) is 121 cm³/mol. The molecule has 0 spiro atoms. The molecular formula is C26H21FN2O3. The zero-order chi connectivity index (χ0) is 22.3. The first-order chi connectivity index (χ1) is 15.6. The molecule has 1 aromatic heterocycles. The van der Waals surface area contributed by atoms with Gasteiger partial charge in [-0.3, -0.25) is 4.79 Å². The van der Waals surface area contributed by atoms with Gasteiger partial charge in [0.1, 0.15) is 23.9 Å². The summed E-state index contributed by atoms with van der Waals surface area (Å²) < 4.78 is 26.1. The van der Waals surface area contributed by atoms with Crippen molar-refractivity contribution in [1.29, 1.82) is 0 Å². The maximum absolute atomic E-state index is 13.1. The highest BCUT2D eigenvalue weighted by Crippen LogP contribution is 2.23. The number of carbonyl (C=O) groups is 1. The van der Waals surface area contributed by atoms with E-state index in [1.165, 1.54) is 12.1 Å². The average molecular weight is 428 g/mol. The molecule has 0 bridgehead atoms. The highest BCUT2D eigenvalue weighted by molar-refractivity contribution is 6.06. The van der Waals surface area contributed by atoms with Crippen LogP contribution in [0.5, 0.6) is 11.5 Å². The number of rotatable bonds is 8. The van der Waals surface area contributed by atoms with Crippen molar-refractivity contribution in [2.24, 2.45) is 0 Å². The quantitative estimate of drug-likeness (QED) is 0.275. The summed E-state index contributed by atoms with van der Waals surface area (Å²) in [6.07, 6.45) is 8.55. The summed E-state index contributed by atoms with van der Waals surface area (Å²) in [5.74, 6) is 0.819. The molecule has 0 unspecified atom stereocenters. The molecule has 0 aliphatic rings. The number of methoxy groups -OCH3 is 1. The highest BCUT2D eigenvalue weighted by Gasteiger charge is 2.07. The molecule has 160 valence electrons. The molecule has 0 radical (unpaired) electrons. The molecule has 5 nitrogen and oxygen atoms in total. The molecule has 32 heavy (non-hydrogen) atoms. The van der Waals surface area contributed by atoms with Gasteiger partial charge in [-0.25, -0.2) is 9.37 Å². The van der Waals surface area contributed by atoms with E-state index in [1.807, 2.05) is 41.1 Å². The van der Waals surface area contributed by atoms with Crippen molar-refractivity contribution in [1.82, 2.24) is 9.55 Å². The van der Waals surface area contributed by atoms with Crippen LogP contribution in [0, 0.1) is 5.82 Å². The number of benzene rings is 3. The standard InChI is InChI=1S/C26H21FN2O3/c1-31-26-13-3-19(16-21(26)17-32-24-10-6-22(27)7-11-24)2-12-25(30)20-4-8-23(9-5-20)29-15-14-28-18-29/h2-16,18H,17H2,1H3/b12-2+. The molecule has 6 heteroatoms. The molecule has 0 saturated heterocycles. The van der Waals surface area contributed by atoms with Crippen molar-refractivity contribution >= 4 is 11.9 Å². The summed E-state index contributed by atoms with van der Waals surface area (Å²) in [7, 11) is 1.59. The van der Waals surface area contributed by atoms with E-state index in [0.29, 0.717) is 17.1 Å². The fourth-order valence-electron chi connectivity index (χ4n) is 3.18. The minimum atomic E-state index is -0.317. The second kappa shape index (κ2) is 9.75. The smallest absolute Gasteiger partial charge is 0.185 e. The van der Waals surface area contributed by atoms with Crippen LogP contribution in [-0.2, 0) is 6.61 Å². The van der Waals surface area contributed by atoms with E-state index in [4.69, 9.17) is 9.47 Å². The number of nitrogens with zero attached hydrogens (tertiary/aromatic N) is 2. The molecular weight excluding hydrogens is 407 g/mol. The van der Waals surface area contributed by atoms with Crippen LogP contribution in [0.15, 0.2) is 91.5 Å². The van der Waals surface area contributed by atoms with Gasteiger partial charge in [0.25, 0.3) is 0 Å². The van der Waals surface area contributed by atoms with Crippen LogP contribution in [0.2, 0.25) is 0 Å². The minimum absolute atomic E-state index is 0.0953. The Morgan fingerprint density at radius 2 is 1.84 bits per heavy atom. The number of allylic oxidation sites excluding steroid dienone is 1. The average Bonchev–Trinajstić information content (AvgIpc) is 3.37. The third-order valence-electron chi connectivity index (χ3n) is 4.89. The fourth-order valence-corrected chi connectivity index (χ4v) is 3.18. The molecule has 0 amide bonds. The third kappa shape index (κ3) is 5.10. The number of hydrogen-bond donors (Lipinski definition) is 0. The van der Waals surface area contributed by atoms with Crippen LogP contribution in [0.3, 0.4) is 0 Å². The molecule has 4 rings (SSSR count). The van der Waals surface area contributed by atoms with E-state index in [1.54, 1.807) is 56.1 Å². The van der Waals surface area contributed by atoms with E-state index in [2.05, 4.69) is 4.98 Å². The molecule has 0 aliphatic carbocycles. The predicted octanol–water partition coefficient (Wildman–Crippen LogP) is 5.50. The summed E-state index contributed by atoms with van der Waals surface area (Å²) in [6.45, 7) is 0.250. The van der Waals surface area contributed by atoms with Gasteiger partial charge in [-0.1, -0.05) is 12.1 Å². The highest BCUT2D eigenvalue weighted by atomic mass is 19.1. The summed E-state index contributed by atoms with van der Waals surface area (Å²) in [5.41, 5.74) is 3.19. The molecule has 4 aromatic rings. The number of imidazole rings is 1. The second-order valence-electron chi connectivity index (χ2n) is 7.03. The molecule has 1 heterocycles. The van der Waals surface area contributed by atoms with E-state index in [9.17, 15) is 9.18 Å². The number of hydrogen-bond acceptors (Lipinski definition) is 4. The Bertz CT molecular complexity index is 1220. The lowest BCUT2D eigenvalue weighted by molar-refractivity contribution is 0.104. The molecule has 3 aromatic carbocycles. The number of carbonyl (C=O) groups excluding carboxylic acids is 1. The van der Waals surface area contributed by atoms with E-state index in [-0.39, 0.29) is 18.2 Å². The Labute approximate surface area is 185 Å². The molecule has 0 saturated carbocycles. The number of ketones is 1. The topological polar surface area (TPSA) is 53.4 Å². The second-order valence-corrected chi connectivity index (χ2v) is 7.03. The lowest BCUT2D eigenvalue weighted by atomic mass is 10.1. The van der Waals surface area contributed by atoms with Gasteiger partial charge in [-0.2, -0.15) is 0 Å². The molecule has 0 aliphatic heterocycles. The number of aromatic nitrogens is 2. The van der Waals surface area contributed by atoms with Gasteiger partial charge in [0.15, 0.2) is 5.78 Å².